The molecule has 0 bridgehead atoms. The van der Waals surface area contributed by atoms with E-state index < -0.39 is 5.97 Å². The van der Waals surface area contributed by atoms with Crippen molar-refractivity contribution in [3.8, 4) is 0 Å². The summed E-state index contributed by atoms with van der Waals surface area (Å²) < 4.78 is 4.40. The molecule has 3 heteroatoms. The van der Waals surface area contributed by atoms with Crippen LogP contribution in [0.4, 0.5) is 0 Å². The minimum Gasteiger partial charge on any atom is -1.00 e. The molecule has 0 aliphatic heterocycles. The van der Waals surface area contributed by atoms with Crippen LogP contribution in [0.15, 0.2) is 25.0 Å². The van der Waals surface area contributed by atoms with E-state index >= 15 is 0 Å². The minimum absolute atomic E-state index is 0. The van der Waals surface area contributed by atoms with Crippen LogP contribution in [-0.4, -0.2) is 5.97 Å². The second-order valence-corrected chi connectivity index (χ2v) is 1.11. The van der Waals surface area contributed by atoms with Crippen LogP contribution in [0.3, 0.4) is 0 Å². The first-order valence-corrected chi connectivity index (χ1v) is 2.25. The predicted molar refractivity (Wildman–Crippen MR) is 32.2 cm³/mol. The SMILES string of the molecule is C=CC(=O)OC=CC.[H-].[Li+]. The first-order chi connectivity index (χ1) is 3.81. The van der Waals surface area contributed by atoms with Gasteiger partial charge in [-0.05, 0) is 6.92 Å². The van der Waals surface area contributed by atoms with Crippen LogP contribution in [0.1, 0.15) is 8.35 Å². The maximum absolute atomic E-state index is 10.2. The van der Waals surface area contributed by atoms with E-state index in [9.17, 15) is 4.79 Å². The zero-order valence-electron chi connectivity index (χ0n) is 6.76. The Hall–Kier alpha value is -0.453. The van der Waals surface area contributed by atoms with Gasteiger partial charge in [0.05, 0.1) is 6.26 Å². The molecular formula is C6H9LiO2. The van der Waals surface area contributed by atoms with Crippen molar-refractivity contribution in [2.24, 2.45) is 0 Å². The Morgan fingerprint density at radius 2 is 2.33 bits per heavy atom. The molecule has 0 N–H and O–H groups in total. The topological polar surface area (TPSA) is 26.3 Å². The molecule has 9 heavy (non-hydrogen) atoms. The number of carbonyl (C=O) groups excluding carboxylic acids is 1. The van der Waals surface area contributed by atoms with Gasteiger partial charge >= 0.3 is 24.8 Å². The van der Waals surface area contributed by atoms with Crippen molar-refractivity contribution in [2.75, 3.05) is 0 Å². The fourth-order valence-corrected chi connectivity index (χ4v) is 0.183. The van der Waals surface area contributed by atoms with E-state index in [0.29, 0.717) is 0 Å². The van der Waals surface area contributed by atoms with Gasteiger partial charge in [-0.2, -0.15) is 0 Å². The molecule has 2 nitrogen and oxygen atoms in total. The Bertz CT molecular complexity index is 123. The fraction of sp³-hybridized carbons (Fsp3) is 0.167. The van der Waals surface area contributed by atoms with E-state index in [-0.39, 0.29) is 20.3 Å². The van der Waals surface area contributed by atoms with Crippen LogP contribution in [0.2, 0.25) is 0 Å². The Balaban J connectivity index is -0.000000245. The van der Waals surface area contributed by atoms with Crippen LogP contribution >= 0.6 is 0 Å². The molecule has 0 amide bonds. The summed E-state index contributed by atoms with van der Waals surface area (Å²) in [4.78, 5) is 10.2. The molecule has 0 aliphatic carbocycles. The maximum atomic E-state index is 10.2. The number of esters is 1. The van der Waals surface area contributed by atoms with Crippen molar-refractivity contribution in [2.45, 2.75) is 6.92 Å². The van der Waals surface area contributed by atoms with Gasteiger partial charge in [-0.25, -0.2) is 4.79 Å². The molecule has 0 saturated heterocycles. The third-order valence-corrected chi connectivity index (χ3v) is 0.487. The van der Waals surface area contributed by atoms with Crippen molar-refractivity contribution in [3.05, 3.63) is 25.0 Å². The smallest absolute Gasteiger partial charge is 1.00 e. The first-order valence-electron chi connectivity index (χ1n) is 2.25. The Morgan fingerprint density at radius 3 is 2.67 bits per heavy atom. The summed E-state index contributed by atoms with van der Waals surface area (Å²) in [7, 11) is 0. The van der Waals surface area contributed by atoms with Crippen LogP contribution in [0, 0.1) is 0 Å². The third kappa shape index (κ3) is 7.55. The number of hydrogen-bond acceptors (Lipinski definition) is 2. The predicted octanol–water partition coefficient (Wildman–Crippen LogP) is -1.63. The Morgan fingerprint density at radius 1 is 1.78 bits per heavy atom. The summed E-state index contributed by atoms with van der Waals surface area (Å²) in [5.41, 5.74) is 0. The number of carbonyl (C=O) groups is 1. The average molecular weight is 120 g/mol. The summed E-state index contributed by atoms with van der Waals surface area (Å²) in [5.74, 6) is -0.428. The Kier molecular flexibility index (Phi) is 9.52. The number of allylic oxidation sites excluding steroid dienone is 1. The van der Waals surface area contributed by atoms with Crippen molar-refractivity contribution in [3.63, 3.8) is 0 Å². The zero-order chi connectivity index (χ0) is 6.41. The maximum Gasteiger partial charge on any atom is 1.00 e. The van der Waals surface area contributed by atoms with Crippen LogP contribution in [-0.2, 0) is 9.53 Å². The van der Waals surface area contributed by atoms with Gasteiger partial charge in [0, 0.05) is 6.08 Å². The monoisotopic (exact) mass is 120 g/mol. The van der Waals surface area contributed by atoms with Crippen molar-refractivity contribution >= 4 is 5.97 Å². The molecule has 0 aromatic heterocycles. The van der Waals surface area contributed by atoms with Gasteiger partial charge in [-0.3, -0.25) is 0 Å². The number of hydrogen-bond donors (Lipinski definition) is 0. The van der Waals surface area contributed by atoms with Crippen LogP contribution in [0.25, 0.3) is 0 Å². The van der Waals surface area contributed by atoms with Gasteiger partial charge in [0.15, 0.2) is 0 Å². The normalized spacial score (nSPS) is 8.11. The molecule has 46 valence electrons. The molecule has 0 aliphatic rings. The summed E-state index contributed by atoms with van der Waals surface area (Å²) in [6, 6.07) is 0. The van der Waals surface area contributed by atoms with Gasteiger partial charge < -0.3 is 6.16 Å². The van der Waals surface area contributed by atoms with Crippen molar-refractivity contribution < 1.29 is 29.8 Å². The van der Waals surface area contributed by atoms with Gasteiger partial charge in [0.25, 0.3) is 0 Å². The quantitative estimate of drug-likeness (QED) is 0.189. The van der Waals surface area contributed by atoms with E-state index in [1.54, 1.807) is 13.0 Å². The summed E-state index contributed by atoms with van der Waals surface area (Å²) >= 11 is 0. The molecule has 0 unspecified atom stereocenters. The van der Waals surface area contributed by atoms with Crippen LogP contribution < -0.4 is 18.9 Å². The molecule has 0 aromatic rings. The largest absolute Gasteiger partial charge is 1.00 e. The number of rotatable bonds is 2. The van der Waals surface area contributed by atoms with Crippen molar-refractivity contribution in [1.29, 1.82) is 0 Å². The molecule has 0 fully saturated rings. The van der Waals surface area contributed by atoms with E-state index in [4.69, 9.17) is 0 Å². The summed E-state index contributed by atoms with van der Waals surface area (Å²) in [6.45, 7) is 4.97. The van der Waals surface area contributed by atoms with Crippen molar-refractivity contribution in [1.82, 2.24) is 0 Å². The molecule has 0 radical (unpaired) electrons. The Labute approximate surface area is 68.2 Å². The summed E-state index contributed by atoms with van der Waals surface area (Å²) in [6.07, 6.45) is 4.05. The first kappa shape index (κ1) is 11.4. The second-order valence-electron chi connectivity index (χ2n) is 1.11. The minimum atomic E-state index is -0.428. The second kappa shape index (κ2) is 7.55. The van der Waals surface area contributed by atoms with Gasteiger partial charge in [0.1, 0.15) is 0 Å². The molecule has 0 atom stereocenters. The molecule has 0 heterocycles. The fourth-order valence-electron chi connectivity index (χ4n) is 0.183. The van der Waals surface area contributed by atoms with E-state index in [1.165, 1.54) is 6.26 Å². The third-order valence-electron chi connectivity index (χ3n) is 0.487. The van der Waals surface area contributed by atoms with Gasteiger partial charge in [0.2, 0.25) is 0 Å². The van der Waals surface area contributed by atoms with E-state index in [2.05, 4.69) is 11.3 Å². The average Bonchev–Trinajstić information content (AvgIpc) is 1.83. The number of ether oxygens (including phenoxy) is 1. The molecule has 0 rings (SSSR count). The molecular weight excluding hydrogens is 111 g/mol. The van der Waals surface area contributed by atoms with E-state index in [1.807, 2.05) is 0 Å². The van der Waals surface area contributed by atoms with Crippen LogP contribution in [0.5, 0.6) is 0 Å². The van der Waals surface area contributed by atoms with E-state index in [0.717, 1.165) is 6.08 Å². The molecule has 0 saturated carbocycles. The van der Waals surface area contributed by atoms with Gasteiger partial charge in [-0.1, -0.05) is 12.7 Å². The molecule has 0 aromatic carbocycles. The zero-order valence-corrected chi connectivity index (χ0v) is 5.76. The standard InChI is InChI=1S/C6H8O2.Li.H/c1-3-5-8-6(7)4-2;;/h3-5H,2H2,1H3;;/q;+1;-1. The van der Waals surface area contributed by atoms with Gasteiger partial charge in [-0.15, -0.1) is 0 Å². The molecule has 0 spiro atoms. The summed E-state index contributed by atoms with van der Waals surface area (Å²) in [5, 5.41) is 0.